The van der Waals surface area contributed by atoms with Crippen LogP contribution in [0.4, 0.5) is 5.13 Å². The predicted molar refractivity (Wildman–Crippen MR) is 161 cm³/mol. The van der Waals surface area contributed by atoms with E-state index in [1.54, 1.807) is 12.1 Å². The number of amides is 1. The van der Waals surface area contributed by atoms with Gasteiger partial charge in [0.15, 0.2) is 5.13 Å². The van der Waals surface area contributed by atoms with Crippen molar-refractivity contribution >= 4 is 44.1 Å². The van der Waals surface area contributed by atoms with Gasteiger partial charge in [0, 0.05) is 12.0 Å². The second kappa shape index (κ2) is 10.7. The van der Waals surface area contributed by atoms with E-state index in [0.717, 1.165) is 45.5 Å². The molecule has 0 spiro atoms. The molecule has 0 aliphatic carbocycles. The van der Waals surface area contributed by atoms with Crippen molar-refractivity contribution in [3.63, 3.8) is 0 Å². The quantitative estimate of drug-likeness (QED) is 0.111. The molecule has 1 N–H and O–H groups in total. The number of nitrogens with zero attached hydrogens (tertiary/aromatic N) is 2. The minimum atomic E-state index is -0.880. The van der Waals surface area contributed by atoms with Gasteiger partial charge in [-0.25, -0.2) is 4.98 Å². The summed E-state index contributed by atoms with van der Waals surface area (Å²) in [5.74, 6) is -0.282. The number of ether oxygens (including phenoxy) is 2. The number of thiazole rings is 1. The molecule has 0 saturated carbocycles. The number of aryl methyl sites for hydroxylation is 2. The summed E-state index contributed by atoms with van der Waals surface area (Å²) in [6.45, 7) is 8.65. The van der Waals surface area contributed by atoms with Crippen LogP contribution >= 0.6 is 11.3 Å². The van der Waals surface area contributed by atoms with Crippen LogP contribution in [0, 0.1) is 13.8 Å². The molecule has 2 aliphatic heterocycles. The van der Waals surface area contributed by atoms with Gasteiger partial charge >= 0.3 is 5.91 Å². The number of carbonyl (C=O) groups excluding carboxylic acids is 2. The largest absolute Gasteiger partial charge is 0.507 e. The van der Waals surface area contributed by atoms with Crippen LogP contribution in [0.25, 0.3) is 16.0 Å². The van der Waals surface area contributed by atoms with Gasteiger partial charge in [-0.2, -0.15) is 0 Å². The van der Waals surface area contributed by atoms with Gasteiger partial charge in [-0.1, -0.05) is 42.9 Å². The number of hydrogen-bond acceptors (Lipinski definition) is 7. The minimum absolute atomic E-state index is 0.0276. The zero-order valence-corrected chi connectivity index (χ0v) is 24.4. The number of rotatable bonds is 7. The monoisotopic (exact) mass is 568 g/mol. The van der Waals surface area contributed by atoms with Crippen LogP contribution < -0.4 is 14.4 Å². The van der Waals surface area contributed by atoms with Gasteiger partial charge in [0.1, 0.15) is 23.4 Å². The van der Waals surface area contributed by atoms with E-state index in [4.69, 9.17) is 14.5 Å². The standard InChI is InChI=1S/C33H32N2O5S/c1-5-6-12-39-24-9-7-8-21(17-24)29-27(30(36)22-10-11-25-23(16-22)15-20(4)40-25)31(37)32(38)35(29)33-34-28-19(3)13-18(2)14-26(28)41-33/h7-11,13-14,16-17,20,29,36H,5-6,12,15H2,1-4H3/b30-27+/t20-,29+/m0/s1. The highest BCUT2D eigenvalue weighted by molar-refractivity contribution is 7.22. The van der Waals surface area contributed by atoms with Crippen LogP contribution in [0.1, 0.15) is 60.5 Å². The van der Waals surface area contributed by atoms with E-state index in [0.29, 0.717) is 35.0 Å². The first kappa shape index (κ1) is 27.0. The van der Waals surface area contributed by atoms with E-state index in [1.165, 1.54) is 16.2 Å². The fourth-order valence-electron chi connectivity index (χ4n) is 5.64. The summed E-state index contributed by atoms with van der Waals surface area (Å²) in [6.07, 6.45) is 2.65. The van der Waals surface area contributed by atoms with Crippen molar-refractivity contribution in [2.75, 3.05) is 11.5 Å². The Bertz CT molecular complexity index is 1720. The number of hydrogen-bond donors (Lipinski definition) is 1. The van der Waals surface area contributed by atoms with E-state index in [1.807, 2.05) is 63.2 Å². The lowest BCUT2D eigenvalue weighted by atomic mass is 9.94. The lowest BCUT2D eigenvalue weighted by Crippen LogP contribution is -2.29. The molecule has 1 aromatic heterocycles. The molecule has 4 aromatic rings. The smallest absolute Gasteiger partial charge is 0.301 e. The second-order valence-corrected chi connectivity index (χ2v) is 11.8. The molecule has 0 bridgehead atoms. The van der Waals surface area contributed by atoms with Gasteiger partial charge in [-0.15, -0.1) is 0 Å². The molecule has 0 radical (unpaired) electrons. The molecule has 3 aromatic carbocycles. The van der Waals surface area contributed by atoms with Crippen molar-refractivity contribution in [1.29, 1.82) is 0 Å². The van der Waals surface area contributed by atoms with Gasteiger partial charge in [0.25, 0.3) is 5.78 Å². The van der Waals surface area contributed by atoms with Crippen LogP contribution in [0.3, 0.4) is 0 Å². The lowest BCUT2D eigenvalue weighted by Gasteiger charge is -2.23. The Morgan fingerprint density at radius 3 is 2.78 bits per heavy atom. The van der Waals surface area contributed by atoms with E-state index in [2.05, 4.69) is 6.92 Å². The molecular formula is C33H32N2O5S. The minimum Gasteiger partial charge on any atom is -0.507 e. The average molecular weight is 569 g/mol. The molecule has 2 atom stereocenters. The highest BCUT2D eigenvalue weighted by Crippen LogP contribution is 2.45. The van der Waals surface area contributed by atoms with Gasteiger partial charge in [-0.3, -0.25) is 14.5 Å². The molecule has 3 heterocycles. The summed E-state index contributed by atoms with van der Waals surface area (Å²) in [7, 11) is 0. The van der Waals surface area contributed by atoms with Gasteiger partial charge in [-0.05, 0) is 85.8 Å². The SMILES string of the molecule is CCCCOc1cccc([C@@H]2/C(=C(\O)c3ccc4c(c3)C[C@H](C)O4)C(=O)C(=O)N2c2nc3c(C)cc(C)cc3s2)c1. The van der Waals surface area contributed by atoms with Crippen LogP contribution in [0.2, 0.25) is 0 Å². The Hall–Kier alpha value is -4.17. The van der Waals surface area contributed by atoms with E-state index >= 15 is 0 Å². The molecule has 1 amide bonds. The number of benzene rings is 3. The maximum absolute atomic E-state index is 13.7. The van der Waals surface area contributed by atoms with Crippen LogP contribution in [0.5, 0.6) is 11.5 Å². The third kappa shape index (κ3) is 4.86. The summed E-state index contributed by atoms with van der Waals surface area (Å²) in [6, 6.07) is 16.0. The number of unbranched alkanes of at least 4 members (excludes halogenated alkanes) is 1. The van der Waals surface area contributed by atoms with E-state index in [9.17, 15) is 14.7 Å². The van der Waals surface area contributed by atoms with Gasteiger partial charge in [0.05, 0.1) is 28.4 Å². The molecule has 41 heavy (non-hydrogen) atoms. The maximum Gasteiger partial charge on any atom is 0.301 e. The van der Waals surface area contributed by atoms with Crippen molar-refractivity contribution in [3.8, 4) is 11.5 Å². The summed E-state index contributed by atoms with van der Waals surface area (Å²) in [5, 5.41) is 12.1. The number of aliphatic hydroxyl groups excluding tert-OH is 1. The number of aromatic nitrogens is 1. The topological polar surface area (TPSA) is 89.0 Å². The highest BCUT2D eigenvalue weighted by Gasteiger charge is 2.48. The Labute approximate surface area is 243 Å². The van der Waals surface area contributed by atoms with E-state index < -0.39 is 17.7 Å². The molecule has 2 aliphatic rings. The summed E-state index contributed by atoms with van der Waals surface area (Å²) < 4.78 is 12.7. The Morgan fingerprint density at radius 2 is 1.98 bits per heavy atom. The third-order valence-electron chi connectivity index (χ3n) is 7.58. The molecule has 7 nitrogen and oxygen atoms in total. The Kier molecular flexibility index (Phi) is 7.03. The van der Waals surface area contributed by atoms with Crippen LogP contribution in [0.15, 0.2) is 60.2 Å². The summed E-state index contributed by atoms with van der Waals surface area (Å²) >= 11 is 1.36. The summed E-state index contributed by atoms with van der Waals surface area (Å²) in [4.78, 5) is 33.7. The fourth-order valence-corrected chi connectivity index (χ4v) is 6.81. The second-order valence-electron chi connectivity index (χ2n) is 10.8. The van der Waals surface area contributed by atoms with Crippen molar-refractivity contribution in [2.24, 2.45) is 0 Å². The van der Waals surface area contributed by atoms with Crippen molar-refractivity contribution in [2.45, 2.75) is 59.1 Å². The number of aliphatic hydroxyl groups is 1. The van der Waals surface area contributed by atoms with Crippen molar-refractivity contribution in [1.82, 2.24) is 4.98 Å². The Balaban J connectivity index is 1.51. The third-order valence-corrected chi connectivity index (χ3v) is 8.58. The fraction of sp³-hybridized carbons (Fsp3) is 0.303. The molecule has 1 saturated heterocycles. The van der Waals surface area contributed by atoms with Gasteiger partial charge in [0.2, 0.25) is 0 Å². The molecule has 0 unspecified atom stereocenters. The van der Waals surface area contributed by atoms with Gasteiger partial charge < -0.3 is 14.6 Å². The number of Topliss-reactive ketones (excluding diaryl/α,β-unsaturated/α-hetero) is 1. The maximum atomic E-state index is 13.7. The first-order chi connectivity index (χ1) is 19.7. The lowest BCUT2D eigenvalue weighted by molar-refractivity contribution is -0.132. The highest BCUT2D eigenvalue weighted by atomic mass is 32.1. The number of ketones is 1. The molecule has 8 heteroatoms. The predicted octanol–water partition coefficient (Wildman–Crippen LogP) is 7.04. The molecule has 6 rings (SSSR count). The molecular weight excluding hydrogens is 536 g/mol. The van der Waals surface area contributed by atoms with Crippen molar-refractivity contribution in [3.05, 3.63) is 88.0 Å². The number of anilines is 1. The zero-order valence-electron chi connectivity index (χ0n) is 23.6. The Morgan fingerprint density at radius 1 is 1.15 bits per heavy atom. The number of carbonyl (C=O) groups is 2. The average Bonchev–Trinajstić information content (AvgIpc) is 3.61. The van der Waals surface area contributed by atoms with Crippen LogP contribution in [-0.4, -0.2) is 34.5 Å². The number of fused-ring (bicyclic) bond motifs is 2. The van der Waals surface area contributed by atoms with Crippen molar-refractivity contribution < 1.29 is 24.2 Å². The zero-order chi connectivity index (χ0) is 28.8. The normalized spacial score (nSPS) is 19.6. The molecule has 210 valence electrons. The van der Waals surface area contributed by atoms with Crippen LogP contribution in [-0.2, 0) is 16.0 Å². The molecule has 1 fully saturated rings. The first-order valence-corrected chi connectivity index (χ1v) is 14.8. The first-order valence-electron chi connectivity index (χ1n) is 14.0. The van der Waals surface area contributed by atoms with E-state index in [-0.39, 0.29) is 17.4 Å². The summed E-state index contributed by atoms with van der Waals surface area (Å²) in [5.41, 5.74) is 4.99.